The van der Waals surface area contributed by atoms with Gasteiger partial charge in [0.05, 0.1) is 28.6 Å². The van der Waals surface area contributed by atoms with Crippen LogP contribution in [0.25, 0.3) is 33.3 Å². The van der Waals surface area contributed by atoms with Crippen LogP contribution in [0.3, 0.4) is 0 Å². The molecule has 6 rings (SSSR count). The second-order valence-electron chi connectivity index (χ2n) is 10.9. The number of aromatic nitrogens is 3. The van der Waals surface area contributed by atoms with Crippen molar-refractivity contribution >= 4 is 33.8 Å². The van der Waals surface area contributed by atoms with Crippen LogP contribution in [0.1, 0.15) is 38.4 Å². The van der Waals surface area contributed by atoms with Crippen molar-refractivity contribution in [3.8, 4) is 11.1 Å². The fraction of sp³-hybridized carbons (Fsp3) is 0.219. The van der Waals surface area contributed by atoms with Gasteiger partial charge in [0.2, 0.25) is 5.91 Å². The molecule has 2 aromatic heterocycles. The largest absolute Gasteiger partial charge is 0.374 e. The minimum atomic E-state index is -0.330. The average molecular weight is 520 g/mol. The molecule has 0 spiro atoms. The van der Waals surface area contributed by atoms with E-state index in [4.69, 9.17) is 0 Å². The molecule has 196 valence electrons. The summed E-state index contributed by atoms with van der Waals surface area (Å²) < 4.78 is 13.6. The van der Waals surface area contributed by atoms with E-state index in [1.165, 1.54) is 12.1 Å². The van der Waals surface area contributed by atoms with Gasteiger partial charge in [-0.05, 0) is 65.9 Å². The van der Waals surface area contributed by atoms with E-state index in [0.29, 0.717) is 12.1 Å². The number of aromatic amines is 1. The Morgan fingerprint density at radius 1 is 1.08 bits per heavy atom. The molecular weight excluding hydrogens is 489 g/mol. The monoisotopic (exact) mass is 519 g/mol. The van der Waals surface area contributed by atoms with Crippen LogP contribution in [-0.2, 0) is 4.79 Å². The predicted octanol–water partition coefficient (Wildman–Crippen LogP) is 6.72. The summed E-state index contributed by atoms with van der Waals surface area (Å²) in [5.74, 6) is 0.0826. The molecule has 0 saturated heterocycles. The molecule has 39 heavy (non-hydrogen) atoms. The Hall–Kier alpha value is -4.52. The first-order valence-electron chi connectivity index (χ1n) is 13.2. The Balaban J connectivity index is 1.33. The first-order valence-corrected chi connectivity index (χ1v) is 13.2. The number of allylic oxidation sites excluding steroid dienone is 2. The number of nitrogens with zero attached hydrogens (tertiary/aromatic N) is 2. The number of amides is 1. The predicted molar refractivity (Wildman–Crippen MR) is 154 cm³/mol. The number of H-pyrrole nitrogens is 1. The smallest absolute Gasteiger partial charge is 0.224 e. The topological polar surface area (TPSA) is 82.7 Å². The van der Waals surface area contributed by atoms with Crippen LogP contribution in [-0.4, -0.2) is 26.6 Å². The zero-order chi connectivity index (χ0) is 27.1. The van der Waals surface area contributed by atoms with Crippen molar-refractivity contribution in [2.24, 2.45) is 11.8 Å². The number of carbonyl (C=O) groups is 1. The van der Waals surface area contributed by atoms with E-state index in [9.17, 15) is 9.18 Å². The second-order valence-corrected chi connectivity index (χ2v) is 10.9. The van der Waals surface area contributed by atoms with E-state index in [1.54, 1.807) is 12.4 Å². The molecule has 0 saturated carbocycles. The number of hydrogen-bond acceptors (Lipinski definition) is 4. The standard InChI is InChI=1S/C32H30FN5O/c1-19(2)13-30(39)35-24-14-22(17-34-18-24)21-8-11-28-26(15-21)31(38-37-28)29-16-27-25(5-4-12-32(27,3)36-29)20-6-9-23(33)10-7-20/h4-12,14-19,27,36H,13H2,1-3H3,(H,35,39)(H,37,38). The summed E-state index contributed by atoms with van der Waals surface area (Å²) in [5.41, 5.74) is 7.07. The Kier molecular flexibility index (Phi) is 6.14. The van der Waals surface area contributed by atoms with Crippen molar-refractivity contribution in [3.05, 3.63) is 102 Å². The fourth-order valence-corrected chi connectivity index (χ4v) is 5.47. The first kappa shape index (κ1) is 24.8. The molecule has 1 amide bonds. The number of pyridine rings is 1. The summed E-state index contributed by atoms with van der Waals surface area (Å²) in [4.78, 5) is 16.6. The maximum Gasteiger partial charge on any atom is 0.224 e. The lowest BCUT2D eigenvalue weighted by atomic mass is 9.76. The van der Waals surface area contributed by atoms with Gasteiger partial charge >= 0.3 is 0 Å². The number of rotatable bonds is 6. The van der Waals surface area contributed by atoms with Crippen molar-refractivity contribution < 1.29 is 9.18 Å². The minimum Gasteiger partial charge on any atom is -0.374 e. The summed E-state index contributed by atoms with van der Waals surface area (Å²) in [6, 6.07) is 14.7. The van der Waals surface area contributed by atoms with Gasteiger partial charge in [0.25, 0.3) is 0 Å². The molecule has 3 N–H and O–H groups in total. The lowest BCUT2D eigenvalue weighted by molar-refractivity contribution is -0.116. The molecule has 2 aromatic carbocycles. The van der Waals surface area contributed by atoms with E-state index in [2.05, 4.69) is 63.1 Å². The molecule has 0 fully saturated rings. The highest BCUT2D eigenvalue weighted by molar-refractivity contribution is 5.95. The number of carbonyl (C=O) groups excluding carboxylic acids is 1. The Morgan fingerprint density at radius 2 is 1.87 bits per heavy atom. The summed E-state index contributed by atoms with van der Waals surface area (Å²) in [6.45, 7) is 6.21. The van der Waals surface area contributed by atoms with Gasteiger partial charge in [0, 0.05) is 29.5 Å². The minimum absolute atomic E-state index is 0.0196. The molecule has 0 bridgehead atoms. The van der Waals surface area contributed by atoms with Gasteiger partial charge in [-0.1, -0.05) is 50.3 Å². The molecule has 2 atom stereocenters. The Morgan fingerprint density at radius 3 is 2.67 bits per heavy atom. The number of fused-ring (bicyclic) bond motifs is 2. The van der Waals surface area contributed by atoms with Gasteiger partial charge < -0.3 is 10.6 Å². The highest BCUT2D eigenvalue weighted by Crippen LogP contribution is 2.44. The molecule has 1 aliphatic carbocycles. The van der Waals surface area contributed by atoms with Gasteiger partial charge in [-0.15, -0.1) is 0 Å². The zero-order valence-electron chi connectivity index (χ0n) is 22.1. The van der Waals surface area contributed by atoms with Gasteiger partial charge in [-0.3, -0.25) is 14.9 Å². The highest BCUT2D eigenvalue weighted by Gasteiger charge is 2.41. The van der Waals surface area contributed by atoms with Crippen LogP contribution < -0.4 is 10.6 Å². The third-order valence-corrected chi connectivity index (χ3v) is 7.38. The third kappa shape index (κ3) is 4.76. The number of benzene rings is 2. The molecule has 4 aromatic rings. The Labute approximate surface area is 226 Å². The van der Waals surface area contributed by atoms with E-state index in [-0.39, 0.29) is 29.1 Å². The lowest BCUT2D eigenvalue weighted by Crippen LogP contribution is -2.42. The molecule has 7 heteroatoms. The number of anilines is 1. The quantitative estimate of drug-likeness (QED) is 0.264. The second kappa shape index (κ2) is 9.66. The van der Waals surface area contributed by atoms with E-state index in [1.807, 2.05) is 44.2 Å². The normalized spacial score (nSPS) is 20.0. The molecule has 2 aliphatic rings. The SMILES string of the molecule is CC(C)CC(=O)Nc1cncc(-c2ccc3[nH]nc(C4=CC5C(c6ccc(F)cc6)=CC=CC5(C)N4)c3c2)c1. The van der Waals surface area contributed by atoms with E-state index >= 15 is 0 Å². The lowest BCUT2D eigenvalue weighted by Gasteiger charge is -2.33. The van der Waals surface area contributed by atoms with E-state index in [0.717, 1.165) is 44.6 Å². The fourth-order valence-electron chi connectivity index (χ4n) is 5.47. The molecule has 0 radical (unpaired) electrons. The molecular formula is C32H30FN5O. The first-order chi connectivity index (χ1) is 18.8. The zero-order valence-corrected chi connectivity index (χ0v) is 22.1. The highest BCUT2D eigenvalue weighted by atomic mass is 19.1. The maximum atomic E-state index is 13.6. The molecule has 2 unspecified atom stereocenters. The maximum absolute atomic E-state index is 13.6. The summed E-state index contributed by atoms with van der Waals surface area (Å²) in [6.07, 6.45) is 12.5. The van der Waals surface area contributed by atoms with Crippen LogP contribution in [0.15, 0.2) is 85.2 Å². The van der Waals surface area contributed by atoms with Crippen LogP contribution in [0.5, 0.6) is 0 Å². The van der Waals surface area contributed by atoms with Gasteiger partial charge in [-0.2, -0.15) is 5.10 Å². The van der Waals surface area contributed by atoms with Crippen molar-refractivity contribution in [2.75, 3.05) is 5.32 Å². The van der Waals surface area contributed by atoms with Gasteiger partial charge in [0.1, 0.15) is 11.5 Å². The van der Waals surface area contributed by atoms with Crippen molar-refractivity contribution in [3.63, 3.8) is 0 Å². The summed E-state index contributed by atoms with van der Waals surface area (Å²) in [7, 11) is 0. The number of nitrogens with one attached hydrogen (secondary N) is 3. The van der Waals surface area contributed by atoms with Crippen LogP contribution in [0.2, 0.25) is 0 Å². The van der Waals surface area contributed by atoms with Crippen LogP contribution in [0, 0.1) is 17.7 Å². The van der Waals surface area contributed by atoms with E-state index < -0.39 is 0 Å². The molecule has 6 nitrogen and oxygen atoms in total. The van der Waals surface area contributed by atoms with Crippen molar-refractivity contribution in [1.82, 2.24) is 20.5 Å². The van der Waals surface area contributed by atoms with Crippen molar-refractivity contribution in [2.45, 2.75) is 32.7 Å². The van der Waals surface area contributed by atoms with Gasteiger partial charge in [-0.25, -0.2) is 4.39 Å². The molecule has 3 heterocycles. The summed E-state index contributed by atoms with van der Waals surface area (Å²) in [5, 5.41) is 15.5. The molecule has 1 aliphatic heterocycles. The number of hydrogen-bond donors (Lipinski definition) is 3. The third-order valence-electron chi connectivity index (χ3n) is 7.38. The average Bonchev–Trinajstić information content (AvgIpc) is 3.49. The van der Waals surface area contributed by atoms with Crippen LogP contribution in [0.4, 0.5) is 10.1 Å². The van der Waals surface area contributed by atoms with Crippen molar-refractivity contribution in [1.29, 1.82) is 0 Å². The van der Waals surface area contributed by atoms with Gasteiger partial charge in [0.15, 0.2) is 0 Å². The Bertz CT molecular complexity index is 1660. The summed E-state index contributed by atoms with van der Waals surface area (Å²) >= 11 is 0. The number of halogens is 1. The van der Waals surface area contributed by atoms with Crippen LogP contribution >= 0.6 is 0 Å².